The van der Waals surface area contributed by atoms with E-state index < -0.39 is 20.6 Å². The summed E-state index contributed by atoms with van der Waals surface area (Å²) < 4.78 is 28.4. The molecule has 1 rings (SSSR count). The molecule has 0 aliphatic carbocycles. The van der Waals surface area contributed by atoms with Gasteiger partial charge in [-0.1, -0.05) is 0 Å². The molecule has 1 heterocycles. The van der Waals surface area contributed by atoms with Gasteiger partial charge in [-0.3, -0.25) is 4.79 Å². The number of methoxy groups -OCH3 is 3. The number of rotatable bonds is 7. The van der Waals surface area contributed by atoms with Gasteiger partial charge in [0.05, 0.1) is 6.61 Å². The van der Waals surface area contributed by atoms with E-state index >= 15 is 0 Å². The molecule has 0 spiro atoms. The normalized spacial score (nSPS) is 32.8. The fourth-order valence-electron chi connectivity index (χ4n) is 2.53. The van der Waals surface area contributed by atoms with Crippen LogP contribution in [0.15, 0.2) is 0 Å². The van der Waals surface area contributed by atoms with Gasteiger partial charge in [0.1, 0.15) is 24.4 Å². The van der Waals surface area contributed by atoms with Crippen LogP contribution in [-0.4, -0.2) is 72.8 Å². The van der Waals surface area contributed by atoms with Gasteiger partial charge in [0.15, 0.2) is 14.6 Å². The summed E-state index contributed by atoms with van der Waals surface area (Å²) in [6.45, 7) is 8.18. The fraction of sp³-hybridized carbons (Fsp3) is 0.929. The third-order valence-corrected chi connectivity index (χ3v) is 4.51. The van der Waals surface area contributed by atoms with Crippen LogP contribution in [0.5, 0.6) is 0 Å². The average Bonchev–Trinajstić information content (AvgIpc) is 2.43. The lowest BCUT2D eigenvalue weighted by Crippen LogP contribution is -2.65. The first-order valence-corrected chi connectivity index (χ1v) is 10.8. The Bertz CT molecular complexity index is 362. The predicted octanol–water partition coefficient (Wildman–Crippen LogP) is 0.744. The minimum atomic E-state index is -1.68. The Labute approximate surface area is 133 Å². The summed E-state index contributed by atoms with van der Waals surface area (Å²) in [6.07, 6.45) is -1.68. The first-order chi connectivity index (χ1) is 10.2. The summed E-state index contributed by atoms with van der Waals surface area (Å²) in [6, 6.07) is -0.444. The van der Waals surface area contributed by atoms with Gasteiger partial charge in [-0.15, -0.1) is 0 Å². The highest BCUT2D eigenvalue weighted by Crippen LogP contribution is 2.26. The molecule has 0 radical (unpaired) electrons. The van der Waals surface area contributed by atoms with E-state index in [0.29, 0.717) is 6.61 Å². The zero-order valence-electron chi connectivity index (χ0n) is 14.5. The SMILES string of the molecule is CO[C@H]1O[C@H](CO[Si](C)(C)C)[C@H](OC)[C@H](OC)[C@H]1NC(C)=O. The summed E-state index contributed by atoms with van der Waals surface area (Å²) in [7, 11) is 3.04. The predicted molar refractivity (Wildman–Crippen MR) is 84.2 cm³/mol. The minimum Gasteiger partial charge on any atom is -0.415 e. The van der Waals surface area contributed by atoms with Crippen molar-refractivity contribution in [2.75, 3.05) is 27.9 Å². The Morgan fingerprint density at radius 1 is 1.09 bits per heavy atom. The highest BCUT2D eigenvalue weighted by atomic mass is 28.4. The fourth-order valence-corrected chi connectivity index (χ4v) is 3.19. The first kappa shape index (κ1) is 19.5. The van der Waals surface area contributed by atoms with Crippen LogP contribution in [-0.2, 0) is 28.2 Å². The van der Waals surface area contributed by atoms with Crippen LogP contribution in [0, 0.1) is 0 Å². The van der Waals surface area contributed by atoms with Crippen molar-refractivity contribution >= 4 is 14.2 Å². The molecule has 0 aromatic rings. The second-order valence-electron chi connectivity index (χ2n) is 6.33. The maximum atomic E-state index is 11.4. The van der Waals surface area contributed by atoms with E-state index in [0.717, 1.165) is 0 Å². The molecule has 1 saturated heterocycles. The van der Waals surface area contributed by atoms with Crippen LogP contribution < -0.4 is 5.32 Å². The summed E-state index contributed by atoms with van der Waals surface area (Å²) in [4.78, 5) is 11.4. The molecule has 1 amide bonds. The van der Waals surface area contributed by atoms with Crippen molar-refractivity contribution in [2.24, 2.45) is 0 Å². The van der Waals surface area contributed by atoms with Gasteiger partial charge in [0, 0.05) is 28.3 Å². The minimum absolute atomic E-state index is 0.177. The van der Waals surface area contributed by atoms with Crippen LogP contribution >= 0.6 is 0 Å². The van der Waals surface area contributed by atoms with E-state index in [2.05, 4.69) is 25.0 Å². The number of carbonyl (C=O) groups is 1. The average molecular weight is 335 g/mol. The number of nitrogens with one attached hydrogen (secondary N) is 1. The van der Waals surface area contributed by atoms with Crippen LogP contribution in [0.4, 0.5) is 0 Å². The molecule has 22 heavy (non-hydrogen) atoms. The molecule has 0 bridgehead atoms. The third kappa shape index (κ3) is 5.29. The molecule has 130 valence electrons. The Morgan fingerprint density at radius 2 is 1.68 bits per heavy atom. The van der Waals surface area contributed by atoms with Gasteiger partial charge in [-0.2, -0.15) is 0 Å². The van der Waals surface area contributed by atoms with Crippen LogP contribution in [0.25, 0.3) is 0 Å². The van der Waals surface area contributed by atoms with E-state index in [1.807, 2.05) is 0 Å². The zero-order chi connectivity index (χ0) is 16.9. The molecule has 0 saturated carbocycles. The van der Waals surface area contributed by atoms with Gasteiger partial charge < -0.3 is 28.7 Å². The van der Waals surface area contributed by atoms with Gasteiger partial charge in [0.2, 0.25) is 5.91 Å². The largest absolute Gasteiger partial charge is 0.415 e. The van der Waals surface area contributed by atoms with Crippen LogP contribution in [0.3, 0.4) is 0 Å². The van der Waals surface area contributed by atoms with Gasteiger partial charge >= 0.3 is 0 Å². The molecular weight excluding hydrogens is 306 g/mol. The van der Waals surface area contributed by atoms with Crippen molar-refractivity contribution in [2.45, 2.75) is 57.2 Å². The first-order valence-electron chi connectivity index (χ1n) is 7.38. The Morgan fingerprint density at radius 3 is 2.09 bits per heavy atom. The quantitative estimate of drug-likeness (QED) is 0.692. The van der Waals surface area contributed by atoms with E-state index in [1.54, 1.807) is 14.2 Å². The smallest absolute Gasteiger partial charge is 0.217 e. The van der Waals surface area contributed by atoms with Crippen molar-refractivity contribution in [3.05, 3.63) is 0 Å². The number of ether oxygens (including phenoxy) is 4. The number of amides is 1. The second-order valence-corrected chi connectivity index (χ2v) is 10.8. The molecule has 7 nitrogen and oxygen atoms in total. The highest BCUT2D eigenvalue weighted by Gasteiger charge is 2.47. The molecule has 1 fully saturated rings. The second kappa shape index (κ2) is 8.37. The molecule has 8 heteroatoms. The summed E-state index contributed by atoms with van der Waals surface area (Å²) in [5.74, 6) is -0.177. The van der Waals surface area contributed by atoms with E-state index in [-0.39, 0.29) is 24.2 Å². The highest BCUT2D eigenvalue weighted by molar-refractivity contribution is 6.69. The topological polar surface area (TPSA) is 75.2 Å². The number of hydrogen-bond acceptors (Lipinski definition) is 6. The van der Waals surface area contributed by atoms with Crippen molar-refractivity contribution in [3.63, 3.8) is 0 Å². The number of hydrogen-bond donors (Lipinski definition) is 1. The lowest BCUT2D eigenvalue weighted by molar-refractivity contribution is -0.270. The van der Waals surface area contributed by atoms with Crippen molar-refractivity contribution in [1.82, 2.24) is 5.32 Å². The van der Waals surface area contributed by atoms with Gasteiger partial charge in [-0.05, 0) is 19.6 Å². The van der Waals surface area contributed by atoms with E-state index in [9.17, 15) is 4.79 Å². The molecule has 1 N–H and O–H groups in total. The van der Waals surface area contributed by atoms with Crippen LogP contribution in [0.1, 0.15) is 6.92 Å². The lowest BCUT2D eigenvalue weighted by atomic mass is 9.96. The molecule has 5 atom stereocenters. The Hall–Kier alpha value is -0.513. The Kier molecular flexibility index (Phi) is 7.43. The third-order valence-electron chi connectivity index (χ3n) is 3.47. The molecular formula is C14H29NO6Si. The number of carbonyl (C=O) groups excluding carboxylic acids is 1. The summed E-state index contributed by atoms with van der Waals surface area (Å²) >= 11 is 0. The monoisotopic (exact) mass is 335 g/mol. The maximum absolute atomic E-state index is 11.4. The molecule has 0 aromatic carbocycles. The molecule has 0 unspecified atom stereocenters. The van der Waals surface area contributed by atoms with Gasteiger partial charge in [0.25, 0.3) is 0 Å². The molecule has 0 aromatic heterocycles. The van der Waals surface area contributed by atoms with E-state index in [1.165, 1.54) is 14.0 Å². The molecule has 1 aliphatic heterocycles. The van der Waals surface area contributed by atoms with Crippen molar-refractivity contribution in [1.29, 1.82) is 0 Å². The van der Waals surface area contributed by atoms with Gasteiger partial charge in [-0.25, -0.2) is 0 Å². The Balaban J connectivity index is 2.91. The summed E-state index contributed by atoms with van der Waals surface area (Å²) in [5, 5.41) is 2.81. The van der Waals surface area contributed by atoms with Crippen LogP contribution in [0.2, 0.25) is 19.6 Å². The lowest BCUT2D eigenvalue weighted by Gasteiger charge is -2.45. The van der Waals surface area contributed by atoms with E-state index in [4.69, 9.17) is 23.4 Å². The van der Waals surface area contributed by atoms with Crippen molar-refractivity contribution in [3.8, 4) is 0 Å². The standard InChI is InChI=1S/C14H29NO6Si/c1-9(16)15-11-13(18-3)12(17-2)10(21-14(11)19-4)8-20-22(5,6)7/h10-14H,8H2,1-7H3,(H,15,16)/t10-,11-,12+,13-,14+/m1/s1. The van der Waals surface area contributed by atoms with Crippen molar-refractivity contribution < 1.29 is 28.2 Å². The maximum Gasteiger partial charge on any atom is 0.217 e. The summed E-state index contributed by atoms with van der Waals surface area (Å²) in [5.41, 5.74) is 0. The molecule has 1 aliphatic rings. The zero-order valence-corrected chi connectivity index (χ0v) is 15.5.